The van der Waals surface area contributed by atoms with Gasteiger partial charge < -0.3 is 10.4 Å². The Kier molecular flexibility index (Phi) is 6.55. The fraction of sp³-hybridized carbons (Fsp3) is 0.467. The van der Waals surface area contributed by atoms with Crippen molar-refractivity contribution in [2.45, 2.75) is 44.0 Å². The number of carboxylic acid groups (broad SMARTS) is 1. The largest absolute Gasteiger partial charge is 0.481 e. The van der Waals surface area contributed by atoms with Gasteiger partial charge in [0.05, 0.1) is 17.1 Å². The topological polar surface area (TPSA) is 101 Å². The van der Waals surface area contributed by atoms with Crippen LogP contribution in [0.1, 0.15) is 32.3 Å². The molecular weight excluding hydrogens is 306 g/mol. The standard InChI is InChI=1S/C15H21NO5S/c1-3-22(20,21)13-7-5-12(6-8-13)10-14(17)16-11(2)4-9-15(18)19/h5-8,11H,3-4,9-10H2,1-2H3,(H,16,17)(H,18,19). The molecule has 0 bridgehead atoms. The van der Waals surface area contributed by atoms with Crippen LogP contribution in [0.5, 0.6) is 0 Å². The second-order valence-electron chi connectivity index (χ2n) is 5.13. The number of carbonyl (C=O) groups excluding carboxylic acids is 1. The van der Waals surface area contributed by atoms with Gasteiger partial charge >= 0.3 is 5.97 Å². The molecule has 0 aliphatic rings. The van der Waals surface area contributed by atoms with Crippen LogP contribution in [0.4, 0.5) is 0 Å². The van der Waals surface area contributed by atoms with Gasteiger partial charge in [-0.3, -0.25) is 9.59 Å². The minimum atomic E-state index is -3.23. The van der Waals surface area contributed by atoms with E-state index in [1.54, 1.807) is 26.0 Å². The van der Waals surface area contributed by atoms with Crippen LogP contribution in [-0.4, -0.2) is 37.2 Å². The van der Waals surface area contributed by atoms with Gasteiger partial charge in [0, 0.05) is 12.5 Å². The lowest BCUT2D eigenvalue weighted by atomic mass is 10.1. The molecule has 1 amide bonds. The number of carboxylic acids is 1. The maximum Gasteiger partial charge on any atom is 0.303 e. The monoisotopic (exact) mass is 327 g/mol. The molecule has 122 valence electrons. The molecule has 6 nitrogen and oxygen atoms in total. The van der Waals surface area contributed by atoms with Crippen molar-refractivity contribution in [3.05, 3.63) is 29.8 Å². The average Bonchev–Trinajstić information content (AvgIpc) is 2.45. The quantitative estimate of drug-likeness (QED) is 0.751. The number of nitrogens with one attached hydrogen (secondary N) is 1. The molecule has 7 heteroatoms. The van der Waals surface area contributed by atoms with Crippen LogP contribution in [0.2, 0.25) is 0 Å². The summed E-state index contributed by atoms with van der Waals surface area (Å²) >= 11 is 0. The van der Waals surface area contributed by atoms with E-state index in [-0.39, 0.29) is 35.4 Å². The highest BCUT2D eigenvalue weighted by atomic mass is 32.2. The number of rotatable bonds is 8. The Bertz CT molecular complexity index is 622. The fourth-order valence-corrected chi connectivity index (χ4v) is 2.79. The first-order chi connectivity index (χ1) is 10.2. The molecule has 0 spiro atoms. The molecule has 22 heavy (non-hydrogen) atoms. The molecule has 0 aliphatic heterocycles. The highest BCUT2D eigenvalue weighted by Gasteiger charge is 2.13. The van der Waals surface area contributed by atoms with Gasteiger partial charge in [-0.2, -0.15) is 0 Å². The minimum Gasteiger partial charge on any atom is -0.481 e. The first-order valence-electron chi connectivity index (χ1n) is 7.07. The van der Waals surface area contributed by atoms with Crippen molar-refractivity contribution in [3.63, 3.8) is 0 Å². The third-order valence-corrected chi connectivity index (χ3v) is 4.98. The maximum atomic E-state index is 11.8. The van der Waals surface area contributed by atoms with Crippen LogP contribution in [0.15, 0.2) is 29.2 Å². The van der Waals surface area contributed by atoms with Crippen LogP contribution in [0.3, 0.4) is 0 Å². The molecular formula is C15H21NO5S. The fourth-order valence-electron chi connectivity index (χ4n) is 1.90. The highest BCUT2D eigenvalue weighted by Crippen LogP contribution is 2.12. The van der Waals surface area contributed by atoms with Gasteiger partial charge in [-0.15, -0.1) is 0 Å². The first-order valence-corrected chi connectivity index (χ1v) is 8.72. The van der Waals surface area contributed by atoms with Gasteiger partial charge in [0.15, 0.2) is 9.84 Å². The summed E-state index contributed by atoms with van der Waals surface area (Å²) in [5, 5.41) is 11.3. The molecule has 1 atom stereocenters. The number of sulfone groups is 1. The van der Waals surface area contributed by atoms with Crippen molar-refractivity contribution in [2.24, 2.45) is 0 Å². The Morgan fingerprint density at radius 3 is 2.32 bits per heavy atom. The van der Waals surface area contributed by atoms with Crippen molar-refractivity contribution < 1.29 is 23.1 Å². The summed E-state index contributed by atoms with van der Waals surface area (Å²) in [6, 6.07) is 6.00. The van der Waals surface area contributed by atoms with Gasteiger partial charge in [-0.25, -0.2) is 8.42 Å². The van der Waals surface area contributed by atoms with E-state index in [9.17, 15) is 18.0 Å². The molecule has 0 radical (unpaired) electrons. The summed E-state index contributed by atoms with van der Waals surface area (Å²) < 4.78 is 23.4. The van der Waals surface area contributed by atoms with Crippen molar-refractivity contribution >= 4 is 21.7 Å². The van der Waals surface area contributed by atoms with E-state index < -0.39 is 15.8 Å². The average molecular weight is 327 g/mol. The Morgan fingerprint density at radius 2 is 1.82 bits per heavy atom. The predicted octanol–water partition coefficient (Wildman–Crippen LogP) is 1.39. The zero-order valence-corrected chi connectivity index (χ0v) is 13.5. The highest BCUT2D eigenvalue weighted by molar-refractivity contribution is 7.91. The summed E-state index contributed by atoms with van der Waals surface area (Å²) in [4.78, 5) is 22.5. The molecule has 0 saturated carbocycles. The number of benzene rings is 1. The van der Waals surface area contributed by atoms with Gasteiger partial charge in [-0.1, -0.05) is 19.1 Å². The van der Waals surface area contributed by atoms with Crippen LogP contribution in [0, 0.1) is 0 Å². The Morgan fingerprint density at radius 1 is 1.23 bits per heavy atom. The molecule has 0 aliphatic carbocycles. The SMILES string of the molecule is CCS(=O)(=O)c1ccc(CC(=O)NC(C)CCC(=O)O)cc1. The lowest BCUT2D eigenvalue weighted by Crippen LogP contribution is -2.34. The lowest BCUT2D eigenvalue weighted by molar-refractivity contribution is -0.137. The van der Waals surface area contributed by atoms with Crippen molar-refractivity contribution in [3.8, 4) is 0 Å². The van der Waals surface area contributed by atoms with Crippen molar-refractivity contribution in [1.29, 1.82) is 0 Å². The molecule has 0 fully saturated rings. The van der Waals surface area contributed by atoms with Gasteiger partial charge in [0.25, 0.3) is 0 Å². The third kappa shape index (κ3) is 5.85. The number of hydrogen-bond acceptors (Lipinski definition) is 4. The van der Waals surface area contributed by atoms with Crippen LogP contribution in [-0.2, 0) is 25.8 Å². The normalized spacial score (nSPS) is 12.6. The van der Waals surface area contributed by atoms with Gasteiger partial charge in [0.2, 0.25) is 5.91 Å². The molecule has 0 saturated heterocycles. The molecule has 2 N–H and O–H groups in total. The van der Waals surface area contributed by atoms with Crippen molar-refractivity contribution in [2.75, 3.05) is 5.75 Å². The van der Waals surface area contributed by atoms with E-state index in [2.05, 4.69) is 5.32 Å². The summed E-state index contributed by atoms with van der Waals surface area (Å²) in [5.74, 6) is -1.08. The van der Waals surface area contributed by atoms with E-state index in [1.807, 2.05) is 0 Å². The molecule has 1 aromatic carbocycles. The smallest absolute Gasteiger partial charge is 0.303 e. The minimum absolute atomic E-state index is 0.00498. The number of amides is 1. The molecule has 0 heterocycles. The van der Waals surface area contributed by atoms with Gasteiger partial charge in [0.1, 0.15) is 0 Å². The molecule has 1 unspecified atom stereocenters. The third-order valence-electron chi connectivity index (χ3n) is 3.23. The predicted molar refractivity (Wildman–Crippen MR) is 82.3 cm³/mol. The molecule has 1 rings (SSSR count). The Labute approximate surface area is 130 Å². The molecule has 0 aromatic heterocycles. The van der Waals surface area contributed by atoms with E-state index in [4.69, 9.17) is 5.11 Å². The second-order valence-corrected chi connectivity index (χ2v) is 7.40. The number of aliphatic carboxylic acids is 1. The van der Waals surface area contributed by atoms with Crippen LogP contribution >= 0.6 is 0 Å². The van der Waals surface area contributed by atoms with E-state index in [0.29, 0.717) is 12.0 Å². The summed E-state index contributed by atoms with van der Waals surface area (Å²) in [7, 11) is -3.23. The van der Waals surface area contributed by atoms with Crippen molar-refractivity contribution in [1.82, 2.24) is 5.32 Å². The Balaban J connectivity index is 2.57. The van der Waals surface area contributed by atoms with E-state index in [0.717, 1.165) is 0 Å². The first kappa shape index (κ1) is 18.2. The van der Waals surface area contributed by atoms with Gasteiger partial charge in [-0.05, 0) is 31.0 Å². The summed E-state index contributed by atoms with van der Waals surface area (Å²) in [5.41, 5.74) is 0.706. The zero-order chi connectivity index (χ0) is 16.8. The summed E-state index contributed by atoms with van der Waals surface area (Å²) in [6.45, 7) is 3.33. The summed E-state index contributed by atoms with van der Waals surface area (Å²) in [6.07, 6.45) is 0.504. The van der Waals surface area contributed by atoms with E-state index >= 15 is 0 Å². The zero-order valence-electron chi connectivity index (χ0n) is 12.7. The van der Waals surface area contributed by atoms with E-state index in [1.165, 1.54) is 12.1 Å². The second kappa shape index (κ2) is 7.93. The van der Waals surface area contributed by atoms with Crippen LogP contribution in [0.25, 0.3) is 0 Å². The number of hydrogen-bond donors (Lipinski definition) is 2. The molecule has 1 aromatic rings. The lowest BCUT2D eigenvalue weighted by Gasteiger charge is -2.12. The number of carbonyl (C=O) groups is 2. The Hall–Kier alpha value is -1.89. The maximum absolute atomic E-state index is 11.8. The van der Waals surface area contributed by atoms with Crippen LogP contribution < -0.4 is 5.32 Å².